The summed E-state index contributed by atoms with van der Waals surface area (Å²) in [6.45, 7) is 0.886. The Hall–Kier alpha value is -1.10. The maximum atomic E-state index is 5.90. The summed E-state index contributed by atoms with van der Waals surface area (Å²) >= 11 is 9.23. The first-order valence-corrected chi connectivity index (χ1v) is 7.66. The van der Waals surface area contributed by atoms with Gasteiger partial charge in [0.25, 0.3) is 0 Å². The number of aromatic nitrogens is 1. The number of nitrogens with zero attached hydrogens (tertiary/aromatic N) is 1. The van der Waals surface area contributed by atoms with Crippen LogP contribution in [0.15, 0.2) is 36.4 Å². The molecular formula is C13H11ClN2S2. The maximum absolute atomic E-state index is 5.90. The number of thiazole rings is 1. The van der Waals surface area contributed by atoms with Gasteiger partial charge in [0.1, 0.15) is 0 Å². The van der Waals surface area contributed by atoms with Gasteiger partial charge in [-0.2, -0.15) is 0 Å². The van der Waals surface area contributed by atoms with Gasteiger partial charge in [-0.05, 0) is 30.7 Å². The van der Waals surface area contributed by atoms with Crippen LogP contribution in [0.4, 0.5) is 5.13 Å². The molecule has 0 aliphatic rings. The Labute approximate surface area is 118 Å². The van der Waals surface area contributed by atoms with Gasteiger partial charge in [-0.25, -0.2) is 4.98 Å². The lowest BCUT2D eigenvalue weighted by molar-refractivity contribution is 1.04. The molecule has 5 heteroatoms. The van der Waals surface area contributed by atoms with E-state index < -0.39 is 0 Å². The third-order valence-electron chi connectivity index (χ3n) is 2.57. The topological polar surface area (TPSA) is 24.9 Å². The van der Waals surface area contributed by atoms with Crippen LogP contribution in [0.25, 0.3) is 10.2 Å². The fourth-order valence-electron chi connectivity index (χ4n) is 1.73. The quantitative estimate of drug-likeness (QED) is 0.756. The highest BCUT2D eigenvalue weighted by Gasteiger charge is 2.02. The molecule has 92 valence electrons. The molecule has 0 fully saturated rings. The molecule has 3 aromatic rings. The number of hydrogen-bond acceptors (Lipinski definition) is 4. The van der Waals surface area contributed by atoms with Crippen LogP contribution in [0, 0.1) is 0 Å². The summed E-state index contributed by atoms with van der Waals surface area (Å²) < 4.78 is 2.07. The number of fused-ring (bicyclic) bond motifs is 1. The van der Waals surface area contributed by atoms with Crippen LogP contribution in [0.3, 0.4) is 0 Å². The number of para-hydroxylation sites is 1. The molecule has 0 aliphatic carbocycles. The van der Waals surface area contributed by atoms with Gasteiger partial charge in [0, 0.05) is 11.4 Å². The van der Waals surface area contributed by atoms with Crippen LogP contribution in [-0.4, -0.2) is 11.5 Å². The van der Waals surface area contributed by atoms with Gasteiger partial charge < -0.3 is 5.32 Å². The van der Waals surface area contributed by atoms with Gasteiger partial charge in [-0.1, -0.05) is 35.1 Å². The van der Waals surface area contributed by atoms with Crippen molar-refractivity contribution in [3.05, 3.63) is 45.6 Å². The van der Waals surface area contributed by atoms with E-state index in [0.717, 1.165) is 28.0 Å². The summed E-state index contributed by atoms with van der Waals surface area (Å²) in [7, 11) is 0. The summed E-state index contributed by atoms with van der Waals surface area (Å²) in [5.41, 5.74) is 1.06. The number of benzene rings is 1. The number of anilines is 1. The lowest BCUT2D eigenvalue weighted by atomic mass is 10.3. The van der Waals surface area contributed by atoms with Crippen molar-refractivity contribution in [2.75, 3.05) is 11.9 Å². The van der Waals surface area contributed by atoms with E-state index in [1.165, 1.54) is 9.58 Å². The fourth-order valence-corrected chi connectivity index (χ4v) is 3.71. The van der Waals surface area contributed by atoms with E-state index in [1.807, 2.05) is 24.3 Å². The molecular weight excluding hydrogens is 284 g/mol. The zero-order valence-electron chi connectivity index (χ0n) is 9.52. The van der Waals surface area contributed by atoms with Crippen LogP contribution < -0.4 is 5.32 Å². The van der Waals surface area contributed by atoms with Crippen molar-refractivity contribution in [1.29, 1.82) is 0 Å². The van der Waals surface area contributed by atoms with E-state index in [9.17, 15) is 0 Å². The number of hydrogen-bond donors (Lipinski definition) is 1. The smallest absolute Gasteiger partial charge is 0.183 e. The minimum absolute atomic E-state index is 0.852. The van der Waals surface area contributed by atoms with Gasteiger partial charge in [0.2, 0.25) is 0 Å². The summed E-state index contributed by atoms with van der Waals surface area (Å²) in [6, 6.07) is 12.2. The average Bonchev–Trinajstić information content (AvgIpc) is 2.95. The molecule has 0 bridgehead atoms. The molecule has 1 N–H and O–H groups in total. The van der Waals surface area contributed by atoms with E-state index >= 15 is 0 Å². The zero-order valence-corrected chi connectivity index (χ0v) is 11.9. The van der Waals surface area contributed by atoms with E-state index in [4.69, 9.17) is 11.6 Å². The highest BCUT2D eigenvalue weighted by atomic mass is 35.5. The molecule has 0 atom stereocenters. The van der Waals surface area contributed by atoms with E-state index in [0.29, 0.717) is 0 Å². The van der Waals surface area contributed by atoms with Crippen molar-refractivity contribution in [3.63, 3.8) is 0 Å². The van der Waals surface area contributed by atoms with Crippen molar-refractivity contribution in [1.82, 2.24) is 4.98 Å². The Kier molecular flexibility index (Phi) is 3.50. The third kappa shape index (κ3) is 2.66. The van der Waals surface area contributed by atoms with E-state index in [1.54, 1.807) is 22.7 Å². The zero-order chi connectivity index (χ0) is 12.4. The predicted octanol–water partition coefficient (Wildman–Crippen LogP) is 4.67. The first-order valence-electron chi connectivity index (χ1n) is 5.65. The number of rotatable bonds is 4. The molecule has 2 aromatic heterocycles. The second kappa shape index (κ2) is 5.26. The number of nitrogens with one attached hydrogen (secondary N) is 1. The van der Waals surface area contributed by atoms with Crippen LogP contribution in [0.1, 0.15) is 4.88 Å². The standard InChI is InChI=1S/C13H11ClN2S2/c14-12-6-5-9(17-12)7-8-15-13-16-10-3-1-2-4-11(10)18-13/h1-6H,7-8H2,(H,15,16). The molecule has 0 unspecified atom stereocenters. The molecule has 2 nitrogen and oxygen atoms in total. The predicted molar refractivity (Wildman–Crippen MR) is 81.1 cm³/mol. The highest BCUT2D eigenvalue weighted by molar-refractivity contribution is 7.22. The van der Waals surface area contributed by atoms with Gasteiger partial charge in [-0.15, -0.1) is 11.3 Å². The largest absolute Gasteiger partial charge is 0.361 e. The second-order valence-electron chi connectivity index (χ2n) is 3.87. The van der Waals surface area contributed by atoms with E-state index in [-0.39, 0.29) is 0 Å². The van der Waals surface area contributed by atoms with Crippen molar-refractivity contribution >= 4 is 49.6 Å². The normalized spacial score (nSPS) is 10.9. The Morgan fingerprint density at radius 2 is 2.00 bits per heavy atom. The summed E-state index contributed by atoms with van der Waals surface area (Å²) in [4.78, 5) is 5.83. The first kappa shape index (κ1) is 12.0. The van der Waals surface area contributed by atoms with Crippen molar-refractivity contribution in [2.45, 2.75) is 6.42 Å². The SMILES string of the molecule is Clc1ccc(CCNc2nc3ccccc3s2)s1. The molecule has 1 aromatic carbocycles. The number of thiophene rings is 1. The van der Waals surface area contributed by atoms with Crippen LogP contribution >= 0.6 is 34.3 Å². The molecule has 0 saturated carbocycles. The lowest BCUT2D eigenvalue weighted by Crippen LogP contribution is -2.03. The summed E-state index contributed by atoms with van der Waals surface area (Å²) in [5.74, 6) is 0. The molecule has 0 spiro atoms. The van der Waals surface area contributed by atoms with Crippen molar-refractivity contribution in [2.24, 2.45) is 0 Å². The minimum atomic E-state index is 0.852. The molecule has 0 radical (unpaired) electrons. The highest BCUT2D eigenvalue weighted by Crippen LogP contribution is 2.26. The molecule has 18 heavy (non-hydrogen) atoms. The average molecular weight is 295 g/mol. The summed E-state index contributed by atoms with van der Waals surface area (Å²) in [5, 5.41) is 4.35. The van der Waals surface area contributed by atoms with Crippen LogP contribution in [0.5, 0.6) is 0 Å². The Morgan fingerprint density at radius 3 is 2.78 bits per heavy atom. The molecule has 0 saturated heterocycles. The minimum Gasteiger partial charge on any atom is -0.361 e. The Balaban J connectivity index is 1.62. The molecule has 2 heterocycles. The van der Waals surface area contributed by atoms with Gasteiger partial charge in [-0.3, -0.25) is 0 Å². The maximum Gasteiger partial charge on any atom is 0.183 e. The fraction of sp³-hybridized carbons (Fsp3) is 0.154. The van der Waals surface area contributed by atoms with Crippen LogP contribution in [-0.2, 0) is 6.42 Å². The lowest BCUT2D eigenvalue weighted by Gasteiger charge is -1.99. The number of halogens is 1. The van der Waals surface area contributed by atoms with Gasteiger partial charge in [0.05, 0.1) is 14.6 Å². The first-order chi connectivity index (χ1) is 8.81. The summed E-state index contributed by atoms with van der Waals surface area (Å²) in [6.07, 6.45) is 0.979. The van der Waals surface area contributed by atoms with Crippen molar-refractivity contribution < 1.29 is 0 Å². The van der Waals surface area contributed by atoms with E-state index in [2.05, 4.69) is 22.4 Å². The molecule has 0 aliphatic heterocycles. The Morgan fingerprint density at radius 1 is 1.11 bits per heavy atom. The molecule has 3 rings (SSSR count). The third-order valence-corrected chi connectivity index (χ3v) is 4.86. The molecule has 0 amide bonds. The Bertz CT molecular complexity index is 627. The van der Waals surface area contributed by atoms with Gasteiger partial charge in [0.15, 0.2) is 5.13 Å². The van der Waals surface area contributed by atoms with Gasteiger partial charge >= 0.3 is 0 Å². The monoisotopic (exact) mass is 294 g/mol. The second-order valence-corrected chi connectivity index (χ2v) is 6.70. The van der Waals surface area contributed by atoms with Crippen molar-refractivity contribution in [3.8, 4) is 0 Å². The van der Waals surface area contributed by atoms with Crippen LogP contribution in [0.2, 0.25) is 4.34 Å².